The van der Waals surface area contributed by atoms with Gasteiger partial charge in [-0.25, -0.2) is 18.7 Å². The minimum Gasteiger partial charge on any atom is -0.383 e. The zero-order chi connectivity index (χ0) is 12.0. The van der Waals surface area contributed by atoms with Crippen molar-refractivity contribution < 1.29 is 18.7 Å². The average Bonchev–Trinajstić information content (AvgIpc) is 2.82. The first-order valence-electron chi connectivity index (χ1n) is 4.65. The summed E-state index contributed by atoms with van der Waals surface area (Å²) < 4.78 is 18.5. The van der Waals surface area contributed by atoms with Gasteiger partial charge in [-0.05, 0) is 18.2 Å². The molecule has 1 aromatic carbocycles. The predicted octanol–water partition coefficient (Wildman–Crippen LogP) is 0.717. The molecule has 0 saturated carbocycles. The Balaban J connectivity index is 2.21. The first-order valence-corrected chi connectivity index (χ1v) is 4.65. The zero-order valence-electron chi connectivity index (χ0n) is 8.25. The van der Waals surface area contributed by atoms with Gasteiger partial charge >= 0.3 is 11.9 Å². The number of halogens is 1. The molecule has 0 bridgehead atoms. The Labute approximate surface area is 93.6 Å². The number of cyclic esters (lactones) is 2. The van der Waals surface area contributed by atoms with Crippen molar-refractivity contribution in [2.24, 2.45) is 0 Å². The Hall–Kier alpha value is -2.57. The van der Waals surface area contributed by atoms with Crippen LogP contribution in [-0.2, 0) is 4.74 Å². The van der Waals surface area contributed by atoms with E-state index in [1.165, 1.54) is 24.3 Å². The first-order chi connectivity index (χ1) is 8.16. The molecule has 0 saturated heterocycles. The molecule has 0 spiro atoms. The second-order valence-electron chi connectivity index (χ2n) is 3.36. The molecule has 1 aromatic heterocycles. The molecular weight excluding hydrogens is 229 g/mol. The van der Waals surface area contributed by atoms with E-state index < -0.39 is 17.8 Å². The summed E-state index contributed by atoms with van der Waals surface area (Å²) in [5, 5.41) is 7.16. The van der Waals surface area contributed by atoms with Crippen LogP contribution in [0.5, 0.6) is 0 Å². The lowest BCUT2D eigenvalue weighted by atomic mass is 10.3. The quantitative estimate of drug-likeness (QED) is 0.535. The summed E-state index contributed by atoms with van der Waals surface area (Å²) in [4.78, 5) is 22.5. The molecule has 84 valence electrons. The first kappa shape index (κ1) is 9.64. The molecule has 2 aromatic rings. The predicted molar refractivity (Wildman–Crippen MR) is 51.1 cm³/mol. The third-order valence-electron chi connectivity index (χ3n) is 2.30. The maximum Gasteiger partial charge on any atom is 0.369 e. The van der Waals surface area contributed by atoms with Gasteiger partial charge in [-0.2, -0.15) is 0 Å². The van der Waals surface area contributed by atoms with E-state index >= 15 is 0 Å². The monoisotopic (exact) mass is 233 g/mol. The molecule has 0 aliphatic carbocycles. The highest BCUT2D eigenvalue weighted by atomic mass is 19.1. The number of fused-ring (bicyclic) bond motifs is 1. The van der Waals surface area contributed by atoms with Gasteiger partial charge < -0.3 is 4.74 Å². The second-order valence-corrected chi connectivity index (χ2v) is 3.36. The molecule has 2 heterocycles. The number of esters is 2. The number of aromatic nitrogens is 3. The molecule has 0 amide bonds. The Morgan fingerprint density at radius 2 is 2.06 bits per heavy atom. The SMILES string of the molecule is O=C1OC(=O)c2c1nnn2-c1cccc(F)c1. The van der Waals surface area contributed by atoms with E-state index in [9.17, 15) is 14.0 Å². The molecule has 17 heavy (non-hydrogen) atoms. The minimum absolute atomic E-state index is 0.0828. The summed E-state index contributed by atoms with van der Waals surface area (Å²) >= 11 is 0. The summed E-state index contributed by atoms with van der Waals surface area (Å²) in [6.07, 6.45) is 0. The summed E-state index contributed by atoms with van der Waals surface area (Å²) in [5.74, 6) is -2.16. The van der Waals surface area contributed by atoms with Gasteiger partial charge in [0.05, 0.1) is 5.69 Å². The molecule has 0 N–H and O–H groups in total. The molecule has 1 aliphatic rings. The average molecular weight is 233 g/mol. The van der Waals surface area contributed by atoms with Crippen LogP contribution in [0.3, 0.4) is 0 Å². The molecular formula is C10H4FN3O3. The van der Waals surface area contributed by atoms with Crippen LogP contribution < -0.4 is 0 Å². The number of carbonyl (C=O) groups is 2. The minimum atomic E-state index is -0.840. The summed E-state index contributed by atoms with van der Waals surface area (Å²) in [7, 11) is 0. The molecule has 7 heteroatoms. The fourth-order valence-electron chi connectivity index (χ4n) is 1.57. The highest BCUT2D eigenvalue weighted by Crippen LogP contribution is 2.20. The van der Waals surface area contributed by atoms with Crippen LogP contribution in [0.15, 0.2) is 24.3 Å². The smallest absolute Gasteiger partial charge is 0.369 e. The summed E-state index contributed by atoms with van der Waals surface area (Å²) in [5.41, 5.74) is 0.0604. The maximum atomic E-state index is 13.0. The van der Waals surface area contributed by atoms with E-state index in [0.717, 1.165) is 4.68 Å². The third kappa shape index (κ3) is 1.32. The maximum absolute atomic E-state index is 13.0. The van der Waals surface area contributed by atoms with Crippen LogP contribution in [-0.4, -0.2) is 26.9 Å². The van der Waals surface area contributed by atoms with Crippen LogP contribution in [0.1, 0.15) is 21.0 Å². The van der Waals surface area contributed by atoms with Crippen LogP contribution in [0.2, 0.25) is 0 Å². The lowest BCUT2D eigenvalue weighted by molar-refractivity contribution is 0.0434. The van der Waals surface area contributed by atoms with E-state index in [1.54, 1.807) is 0 Å². The highest BCUT2D eigenvalue weighted by molar-refractivity contribution is 6.12. The molecule has 0 fully saturated rings. The summed E-state index contributed by atoms with van der Waals surface area (Å²) in [6.45, 7) is 0. The standard InChI is InChI=1S/C10H4FN3O3/c11-5-2-1-3-6(4-5)14-8-7(12-13-14)9(15)17-10(8)16/h1-4H. The Morgan fingerprint density at radius 1 is 1.24 bits per heavy atom. The van der Waals surface area contributed by atoms with Gasteiger partial charge in [-0.3, -0.25) is 0 Å². The van der Waals surface area contributed by atoms with Crippen molar-refractivity contribution in [1.82, 2.24) is 15.0 Å². The van der Waals surface area contributed by atoms with Crippen LogP contribution in [0.4, 0.5) is 4.39 Å². The van der Waals surface area contributed by atoms with Crippen LogP contribution >= 0.6 is 0 Å². The Kier molecular flexibility index (Phi) is 1.82. The topological polar surface area (TPSA) is 74.1 Å². The van der Waals surface area contributed by atoms with Crippen molar-refractivity contribution in [1.29, 1.82) is 0 Å². The number of nitrogens with zero attached hydrogens (tertiary/aromatic N) is 3. The normalized spacial score (nSPS) is 13.7. The van der Waals surface area contributed by atoms with E-state index in [2.05, 4.69) is 15.0 Å². The molecule has 1 aliphatic heterocycles. The van der Waals surface area contributed by atoms with Crippen molar-refractivity contribution >= 4 is 11.9 Å². The zero-order valence-corrected chi connectivity index (χ0v) is 8.25. The van der Waals surface area contributed by atoms with Gasteiger partial charge in [0.15, 0.2) is 5.69 Å². The lowest BCUT2D eigenvalue weighted by Gasteiger charge is -2.01. The van der Waals surface area contributed by atoms with Gasteiger partial charge in [0.2, 0.25) is 5.69 Å². The fourth-order valence-corrected chi connectivity index (χ4v) is 1.57. The van der Waals surface area contributed by atoms with Gasteiger partial charge in [0.25, 0.3) is 0 Å². The number of benzene rings is 1. The van der Waals surface area contributed by atoms with Crippen LogP contribution in [0, 0.1) is 5.82 Å². The van der Waals surface area contributed by atoms with Gasteiger partial charge in [0, 0.05) is 0 Å². The van der Waals surface area contributed by atoms with Crippen LogP contribution in [0.25, 0.3) is 5.69 Å². The number of hydrogen-bond acceptors (Lipinski definition) is 5. The second kappa shape index (κ2) is 3.21. The number of ether oxygens (including phenoxy) is 1. The highest BCUT2D eigenvalue weighted by Gasteiger charge is 2.37. The lowest BCUT2D eigenvalue weighted by Crippen LogP contribution is -2.08. The van der Waals surface area contributed by atoms with Crippen molar-refractivity contribution in [2.45, 2.75) is 0 Å². The van der Waals surface area contributed by atoms with Gasteiger partial charge in [-0.15, -0.1) is 5.10 Å². The van der Waals surface area contributed by atoms with E-state index in [1.807, 2.05) is 0 Å². The number of hydrogen-bond donors (Lipinski definition) is 0. The number of rotatable bonds is 1. The van der Waals surface area contributed by atoms with Crippen molar-refractivity contribution in [3.63, 3.8) is 0 Å². The molecule has 3 rings (SSSR count). The fraction of sp³-hybridized carbons (Fsp3) is 0. The molecule has 0 radical (unpaired) electrons. The molecule has 6 nitrogen and oxygen atoms in total. The van der Waals surface area contributed by atoms with E-state index in [0.29, 0.717) is 5.69 Å². The summed E-state index contributed by atoms with van der Waals surface area (Å²) in [6, 6.07) is 5.42. The van der Waals surface area contributed by atoms with Crippen molar-refractivity contribution in [2.75, 3.05) is 0 Å². The van der Waals surface area contributed by atoms with Crippen molar-refractivity contribution in [3.8, 4) is 5.69 Å². The van der Waals surface area contributed by atoms with E-state index in [4.69, 9.17) is 0 Å². The Bertz CT molecular complexity index is 650. The molecule has 0 unspecified atom stereocenters. The van der Waals surface area contributed by atoms with Gasteiger partial charge in [0.1, 0.15) is 5.82 Å². The van der Waals surface area contributed by atoms with Crippen molar-refractivity contribution in [3.05, 3.63) is 41.5 Å². The van der Waals surface area contributed by atoms with Gasteiger partial charge in [-0.1, -0.05) is 11.3 Å². The molecule has 0 atom stereocenters. The van der Waals surface area contributed by atoms with E-state index in [-0.39, 0.29) is 11.4 Å². The largest absolute Gasteiger partial charge is 0.383 e. The third-order valence-corrected chi connectivity index (χ3v) is 2.30. The number of carbonyl (C=O) groups excluding carboxylic acids is 2. The Morgan fingerprint density at radius 3 is 2.82 bits per heavy atom.